The maximum Gasteiger partial charge on any atom is 0.0562 e. The molecule has 2 nitrogen and oxygen atoms in total. The molecule has 56 heavy (non-hydrogen) atoms. The van der Waals surface area contributed by atoms with E-state index >= 15 is 0 Å². The van der Waals surface area contributed by atoms with Crippen LogP contribution in [0.25, 0.3) is 72.0 Å². The molecule has 1 heterocycles. The van der Waals surface area contributed by atoms with Gasteiger partial charge in [-0.25, -0.2) is 0 Å². The fraction of sp³-hybridized carbons (Fsp3) is 0. The first kappa shape index (κ1) is 33.2. The molecule has 10 rings (SSSR count). The quantitative estimate of drug-likeness (QED) is 0.152. The summed E-state index contributed by atoms with van der Waals surface area (Å²) in [6.45, 7) is 0. The summed E-state index contributed by atoms with van der Waals surface area (Å²) in [6, 6.07) is 83.0. The number of anilines is 3. The number of para-hydroxylation sites is 2. The van der Waals surface area contributed by atoms with Gasteiger partial charge in [0.05, 0.1) is 22.4 Å². The van der Waals surface area contributed by atoms with Crippen LogP contribution in [0, 0.1) is 0 Å². The fourth-order valence-electron chi connectivity index (χ4n) is 8.15. The van der Waals surface area contributed by atoms with E-state index in [1.165, 1.54) is 60.8 Å². The molecule has 10 aromatic rings. The maximum absolute atomic E-state index is 2.45. The lowest BCUT2D eigenvalue weighted by Gasteiger charge is -2.29. The average molecular weight is 715 g/mol. The van der Waals surface area contributed by atoms with Crippen molar-refractivity contribution in [3.8, 4) is 50.2 Å². The highest BCUT2D eigenvalue weighted by molar-refractivity contribution is 6.17. The van der Waals surface area contributed by atoms with Gasteiger partial charge in [-0.1, -0.05) is 182 Å². The minimum atomic E-state index is 1.10. The third kappa shape index (κ3) is 6.04. The largest absolute Gasteiger partial charge is 0.309 e. The van der Waals surface area contributed by atoms with E-state index in [2.05, 4.69) is 240 Å². The molecule has 0 unspecified atom stereocenters. The number of benzene rings is 9. The summed E-state index contributed by atoms with van der Waals surface area (Å²) < 4.78 is 2.43. The normalized spacial score (nSPS) is 11.2. The highest BCUT2D eigenvalue weighted by Gasteiger charge is 2.23. The van der Waals surface area contributed by atoms with E-state index in [9.17, 15) is 0 Å². The van der Waals surface area contributed by atoms with E-state index in [0.717, 1.165) is 28.3 Å². The SMILES string of the molecule is c1ccc(-c2ccc(-c3cccc(-n4c5ccccc5c5c(N(c6ccc(-c7ccccc7)cc6)c6ccccc6-c6ccccc6)cccc54)c3)cc2)cc1. The Balaban J connectivity index is 1.16. The zero-order valence-corrected chi connectivity index (χ0v) is 30.8. The van der Waals surface area contributed by atoms with Crippen LogP contribution in [0.3, 0.4) is 0 Å². The predicted octanol–water partition coefficient (Wildman–Crippen LogP) is 14.9. The zero-order chi connectivity index (χ0) is 37.3. The highest BCUT2D eigenvalue weighted by atomic mass is 15.1. The van der Waals surface area contributed by atoms with E-state index in [0.29, 0.717) is 0 Å². The molecule has 0 bridgehead atoms. The van der Waals surface area contributed by atoms with E-state index in [1.54, 1.807) is 0 Å². The van der Waals surface area contributed by atoms with Gasteiger partial charge in [-0.15, -0.1) is 0 Å². The molecule has 0 aliphatic rings. The first-order chi connectivity index (χ1) is 27.8. The van der Waals surface area contributed by atoms with Gasteiger partial charge in [0, 0.05) is 27.7 Å². The first-order valence-electron chi connectivity index (χ1n) is 19.2. The molecule has 0 atom stereocenters. The van der Waals surface area contributed by atoms with Crippen LogP contribution >= 0.6 is 0 Å². The second-order valence-corrected chi connectivity index (χ2v) is 14.1. The van der Waals surface area contributed by atoms with Crippen LogP contribution in [0.5, 0.6) is 0 Å². The summed E-state index contributed by atoms with van der Waals surface area (Å²) >= 11 is 0. The summed E-state index contributed by atoms with van der Waals surface area (Å²) in [7, 11) is 0. The number of aromatic nitrogens is 1. The molecule has 0 saturated heterocycles. The number of fused-ring (bicyclic) bond motifs is 3. The standard InChI is InChI=1S/C54H38N2/c1-4-16-39(17-5-1)41-30-32-43(33-31-41)45-22-14-23-47(38-45)56-51-27-13-11-25-49(51)54-52(28-15-29-53(54)56)55(46-36-34-42(35-37-46)40-18-6-2-7-19-40)50-26-12-10-24-48(50)44-20-8-3-9-21-44/h1-38H. The number of nitrogens with zero attached hydrogens (tertiary/aromatic N) is 2. The van der Waals surface area contributed by atoms with Gasteiger partial charge < -0.3 is 9.47 Å². The third-order valence-corrected chi connectivity index (χ3v) is 10.8. The minimum absolute atomic E-state index is 1.10. The molecule has 0 radical (unpaired) electrons. The highest BCUT2D eigenvalue weighted by Crippen LogP contribution is 2.46. The van der Waals surface area contributed by atoms with Gasteiger partial charge >= 0.3 is 0 Å². The molecule has 0 fully saturated rings. The first-order valence-corrected chi connectivity index (χ1v) is 19.2. The molecule has 0 amide bonds. The topological polar surface area (TPSA) is 8.17 Å². The lowest BCUT2D eigenvalue weighted by molar-refractivity contribution is 1.18. The smallest absolute Gasteiger partial charge is 0.0562 e. The lowest BCUT2D eigenvalue weighted by atomic mass is 10.00. The molecule has 264 valence electrons. The second kappa shape index (κ2) is 14.4. The van der Waals surface area contributed by atoms with Crippen LogP contribution in [-0.2, 0) is 0 Å². The van der Waals surface area contributed by atoms with Crippen molar-refractivity contribution in [3.05, 3.63) is 231 Å². The average Bonchev–Trinajstić information content (AvgIpc) is 3.63. The Labute approximate surface area is 327 Å². The van der Waals surface area contributed by atoms with Crippen LogP contribution in [-0.4, -0.2) is 4.57 Å². The van der Waals surface area contributed by atoms with Crippen LogP contribution in [0.4, 0.5) is 17.1 Å². The second-order valence-electron chi connectivity index (χ2n) is 14.1. The Hall–Kier alpha value is -7.42. The molecule has 0 spiro atoms. The number of hydrogen-bond acceptors (Lipinski definition) is 1. The van der Waals surface area contributed by atoms with Crippen molar-refractivity contribution in [2.45, 2.75) is 0 Å². The Morgan fingerprint density at radius 3 is 1.45 bits per heavy atom. The van der Waals surface area contributed by atoms with Gasteiger partial charge in [-0.3, -0.25) is 0 Å². The molecule has 0 aliphatic carbocycles. The molecule has 0 aliphatic heterocycles. The van der Waals surface area contributed by atoms with Crippen molar-refractivity contribution in [1.82, 2.24) is 4.57 Å². The Morgan fingerprint density at radius 2 is 0.768 bits per heavy atom. The van der Waals surface area contributed by atoms with Gasteiger partial charge in [-0.05, 0) is 87.5 Å². The van der Waals surface area contributed by atoms with Crippen LogP contribution in [0.2, 0.25) is 0 Å². The summed E-state index contributed by atoms with van der Waals surface area (Å²) in [4.78, 5) is 2.45. The van der Waals surface area contributed by atoms with Gasteiger partial charge in [0.15, 0.2) is 0 Å². The predicted molar refractivity (Wildman–Crippen MR) is 237 cm³/mol. The summed E-state index contributed by atoms with van der Waals surface area (Å²) in [5, 5.41) is 2.41. The van der Waals surface area contributed by atoms with E-state index < -0.39 is 0 Å². The van der Waals surface area contributed by atoms with Gasteiger partial charge in [0.25, 0.3) is 0 Å². The zero-order valence-electron chi connectivity index (χ0n) is 30.8. The van der Waals surface area contributed by atoms with Crippen molar-refractivity contribution in [2.24, 2.45) is 0 Å². The summed E-state index contributed by atoms with van der Waals surface area (Å²) in [6.07, 6.45) is 0. The van der Waals surface area contributed by atoms with Gasteiger partial charge in [0.2, 0.25) is 0 Å². The monoisotopic (exact) mass is 714 g/mol. The van der Waals surface area contributed by atoms with E-state index in [-0.39, 0.29) is 0 Å². The number of hydrogen-bond donors (Lipinski definition) is 0. The van der Waals surface area contributed by atoms with Gasteiger partial charge in [0.1, 0.15) is 0 Å². The van der Waals surface area contributed by atoms with Gasteiger partial charge in [-0.2, -0.15) is 0 Å². The van der Waals surface area contributed by atoms with Crippen LogP contribution in [0.1, 0.15) is 0 Å². The Bertz CT molecular complexity index is 2930. The molecule has 1 aromatic heterocycles. The van der Waals surface area contributed by atoms with Crippen molar-refractivity contribution in [1.29, 1.82) is 0 Å². The van der Waals surface area contributed by atoms with Crippen molar-refractivity contribution in [3.63, 3.8) is 0 Å². The fourth-order valence-corrected chi connectivity index (χ4v) is 8.15. The molecular formula is C54H38N2. The molecule has 0 N–H and O–H groups in total. The molecular weight excluding hydrogens is 677 g/mol. The van der Waals surface area contributed by atoms with E-state index in [1.807, 2.05) is 0 Å². The van der Waals surface area contributed by atoms with E-state index in [4.69, 9.17) is 0 Å². The van der Waals surface area contributed by atoms with Crippen LogP contribution in [0.15, 0.2) is 231 Å². The Kier molecular flexibility index (Phi) is 8.55. The minimum Gasteiger partial charge on any atom is -0.309 e. The molecule has 0 saturated carbocycles. The van der Waals surface area contributed by atoms with Crippen molar-refractivity contribution in [2.75, 3.05) is 4.90 Å². The third-order valence-electron chi connectivity index (χ3n) is 10.8. The van der Waals surface area contributed by atoms with Crippen molar-refractivity contribution < 1.29 is 0 Å². The van der Waals surface area contributed by atoms with Crippen LogP contribution < -0.4 is 4.90 Å². The maximum atomic E-state index is 2.45. The Morgan fingerprint density at radius 1 is 0.304 bits per heavy atom. The lowest BCUT2D eigenvalue weighted by Crippen LogP contribution is -2.11. The molecule has 2 heteroatoms. The molecule has 9 aromatic carbocycles. The van der Waals surface area contributed by atoms with Crippen molar-refractivity contribution >= 4 is 38.9 Å². The number of rotatable bonds is 8. The summed E-state index contributed by atoms with van der Waals surface area (Å²) in [5.41, 5.74) is 16.4. The summed E-state index contributed by atoms with van der Waals surface area (Å²) in [5.74, 6) is 0.